The molecule has 0 unspecified atom stereocenters. The highest BCUT2D eigenvalue weighted by Crippen LogP contribution is 2.46. The fourth-order valence-corrected chi connectivity index (χ4v) is 9.59. The molecular weight excluding hydrogens is 725 g/mol. The lowest BCUT2D eigenvalue weighted by molar-refractivity contribution is 1.18. The first-order valence-corrected chi connectivity index (χ1v) is 20.7. The number of rotatable bonds is 7. The van der Waals surface area contributed by atoms with Crippen molar-refractivity contribution < 1.29 is 0 Å². The molecule has 12 aromatic rings. The summed E-state index contributed by atoms with van der Waals surface area (Å²) < 4.78 is 2.42. The third kappa shape index (κ3) is 5.50. The Hall–Kier alpha value is -7.94. The van der Waals surface area contributed by atoms with Crippen LogP contribution in [0.2, 0.25) is 0 Å². The topological polar surface area (TPSA) is 8.17 Å². The summed E-state index contributed by atoms with van der Waals surface area (Å²) in [6, 6.07) is 84.1. The fraction of sp³-hybridized carbons (Fsp3) is 0. The summed E-state index contributed by atoms with van der Waals surface area (Å²) in [7, 11) is 0. The first-order valence-electron chi connectivity index (χ1n) is 20.7. The SMILES string of the molecule is c1ccc(-c2cc(-c3ccccc3)cc(N(c3ccccc3)c3ccc(-c4ccc5ccc6cc7c(c8ccc4c5c68)c4ccccc4n7-c4ccccc4)cc3)c2)cc1. The fourth-order valence-electron chi connectivity index (χ4n) is 9.59. The summed E-state index contributed by atoms with van der Waals surface area (Å²) in [6.07, 6.45) is 0. The third-order valence-corrected chi connectivity index (χ3v) is 12.3. The van der Waals surface area contributed by atoms with Crippen molar-refractivity contribution in [3.8, 4) is 39.1 Å². The lowest BCUT2D eigenvalue weighted by Gasteiger charge is -2.27. The molecule has 2 heteroatoms. The van der Waals surface area contributed by atoms with Crippen LogP contribution in [0.3, 0.4) is 0 Å². The van der Waals surface area contributed by atoms with E-state index in [1.54, 1.807) is 0 Å². The second-order valence-electron chi connectivity index (χ2n) is 15.7. The number of anilines is 3. The smallest absolute Gasteiger partial charge is 0.0553 e. The van der Waals surface area contributed by atoms with E-state index in [0.717, 1.165) is 17.1 Å². The Morgan fingerprint density at radius 2 is 0.833 bits per heavy atom. The van der Waals surface area contributed by atoms with E-state index in [0.29, 0.717) is 0 Å². The van der Waals surface area contributed by atoms with Crippen LogP contribution in [0.5, 0.6) is 0 Å². The average molecular weight is 763 g/mol. The van der Waals surface area contributed by atoms with Crippen LogP contribution in [0.1, 0.15) is 0 Å². The zero-order valence-electron chi connectivity index (χ0n) is 32.8. The van der Waals surface area contributed by atoms with Gasteiger partial charge in [0.15, 0.2) is 0 Å². The molecule has 0 aliphatic carbocycles. The van der Waals surface area contributed by atoms with Gasteiger partial charge in [-0.25, -0.2) is 0 Å². The second-order valence-corrected chi connectivity index (χ2v) is 15.7. The van der Waals surface area contributed by atoms with E-state index in [1.807, 2.05) is 0 Å². The molecule has 2 nitrogen and oxygen atoms in total. The van der Waals surface area contributed by atoms with Crippen LogP contribution in [0.15, 0.2) is 231 Å². The van der Waals surface area contributed by atoms with Gasteiger partial charge in [-0.05, 0) is 132 Å². The number of hydrogen-bond acceptors (Lipinski definition) is 1. The summed E-state index contributed by atoms with van der Waals surface area (Å²) in [5, 5.41) is 10.3. The number of nitrogens with zero attached hydrogens (tertiary/aromatic N) is 2. The van der Waals surface area contributed by atoms with E-state index in [-0.39, 0.29) is 0 Å². The van der Waals surface area contributed by atoms with Crippen molar-refractivity contribution >= 4 is 71.2 Å². The maximum atomic E-state index is 2.42. The van der Waals surface area contributed by atoms with Gasteiger partial charge in [0.1, 0.15) is 0 Å². The lowest BCUT2D eigenvalue weighted by Crippen LogP contribution is -2.10. The Balaban J connectivity index is 1.02. The van der Waals surface area contributed by atoms with E-state index < -0.39 is 0 Å². The van der Waals surface area contributed by atoms with Crippen LogP contribution in [0.25, 0.3) is 93.2 Å². The van der Waals surface area contributed by atoms with Crippen LogP contribution in [-0.4, -0.2) is 4.57 Å². The first-order chi connectivity index (χ1) is 29.8. The van der Waals surface area contributed by atoms with Crippen molar-refractivity contribution in [2.45, 2.75) is 0 Å². The zero-order chi connectivity index (χ0) is 39.6. The maximum Gasteiger partial charge on any atom is 0.0553 e. The molecule has 0 fully saturated rings. The number of fused-ring (bicyclic) bond motifs is 4. The quantitative estimate of drug-likeness (QED) is 0.147. The van der Waals surface area contributed by atoms with Gasteiger partial charge in [-0.15, -0.1) is 0 Å². The van der Waals surface area contributed by atoms with Crippen molar-refractivity contribution in [3.05, 3.63) is 231 Å². The molecule has 11 aromatic carbocycles. The van der Waals surface area contributed by atoms with Crippen molar-refractivity contribution in [2.24, 2.45) is 0 Å². The zero-order valence-corrected chi connectivity index (χ0v) is 32.8. The van der Waals surface area contributed by atoms with Gasteiger partial charge in [-0.2, -0.15) is 0 Å². The Morgan fingerprint density at radius 3 is 1.53 bits per heavy atom. The molecule has 0 spiro atoms. The van der Waals surface area contributed by atoms with Gasteiger partial charge in [0.25, 0.3) is 0 Å². The molecule has 0 saturated heterocycles. The molecule has 0 saturated carbocycles. The van der Waals surface area contributed by atoms with Gasteiger partial charge in [0.05, 0.1) is 11.0 Å². The van der Waals surface area contributed by atoms with Crippen LogP contribution in [0.4, 0.5) is 17.1 Å². The predicted octanol–water partition coefficient (Wildman–Crippen LogP) is 16.2. The number of para-hydroxylation sites is 3. The molecule has 0 radical (unpaired) electrons. The van der Waals surface area contributed by atoms with E-state index in [9.17, 15) is 0 Å². The van der Waals surface area contributed by atoms with Gasteiger partial charge >= 0.3 is 0 Å². The molecule has 0 aliphatic rings. The minimum atomic E-state index is 1.10. The molecule has 0 bridgehead atoms. The molecule has 1 heterocycles. The summed E-state index contributed by atoms with van der Waals surface area (Å²) in [5.74, 6) is 0. The number of hydrogen-bond donors (Lipinski definition) is 0. The highest BCUT2D eigenvalue weighted by molar-refractivity contribution is 6.34. The van der Waals surface area contributed by atoms with E-state index in [1.165, 1.54) is 93.2 Å². The van der Waals surface area contributed by atoms with E-state index >= 15 is 0 Å². The molecule has 1 aromatic heterocycles. The Bertz CT molecular complexity index is 3440. The highest BCUT2D eigenvalue weighted by Gasteiger charge is 2.20. The second kappa shape index (κ2) is 13.9. The Morgan fingerprint density at radius 1 is 0.283 bits per heavy atom. The van der Waals surface area contributed by atoms with E-state index in [4.69, 9.17) is 0 Å². The summed E-state index contributed by atoms with van der Waals surface area (Å²) in [5.41, 5.74) is 14.1. The Labute approximate surface area is 348 Å². The Kier molecular flexibility index (Phi) is 7.89. The minimum absolute atomic E-state index is 1.10. The first kappa shape index (κ1) is 34.1. The minimum Gasteiger partial charge on any atom is -0.310 e. The van der Waals surface area contributed by atoms with Crippen LogP contribution in [0, 0.1) is 0 Å². The number of aromatic nitrogens is 1. The molecule has 0 N–H and O–H groups in total. The number of benzene rings is 11. The summed E-state index contributed by atoms with van der Waals surface area (Å²) in [6.45, 7) is 0. The van der Waals surface area contributed by atoms with Gasteiger partial charge in [0, 0.05) is 33.5 Å². The maximum absolute atomic E-state index is 2.42. The lowest BCUT2D eigenvalue weighted by atomic mass is 9.88. The molecule has 12 rings (SSSR count). The molecule has 60 heavy (non-hydrogen) atoms. The highest BCUT2D eigenvalue weighted by atomic mass is 15.1. The predicted molar refractivity (Wildman–Crippen MR) is 255 cm³/mol. The van der Waals surface area contributed by atoms with Crippen LogP contribution < -0.4 is 4.90 Å². The average Bonchev–Trinajstić information content (AvgIpc) is 3.66. The summed E-state index contributed by atoms with van der Waals surface area (Å²) in [4.78, 5) is 2.38. The standard InChI is InChI=1S/C58H38N2/c1-5-15-39(16-6-1)44-35-45(40-17-7-2-8-18-40)37-49(36-44)59(46-19-9-3-10-20-46)48-30-27-41(28-31-48)50-32-29-42-25-26-43-38-55-58(53-34-33-51(50)56(42)57(43)53)52-23-13-14-24-54(52)60(55)47-21-11-4-12-22-47/h1-38H. The molecular formula is C58H38N2. The van der Waals surface area contributed by atoms with Crippen LogP contribution in [-0.2, 0) is 0 Å². The third-order valence-electron chi connectivity index (χ3n) is 12.3. The summed E-state index contributed by atoms with van der Waals surface area (Å²) >= 11 is 0. The van der Waals surface area contributed by atoms with Crippen LogP contribution >= 0.6 is 0 Å². The largest absolute Gasteiger partial charge is 0.310 e. The van der Waals surface area contributed by atoms with Crippen molar-refractivity contribution in [2.75, 3.05) is 4.90 Å². The molecule has 280 valence electrons. The molecule has 0 amide bonds. The van der Waals surface area contributed by atoms with Gasteiger partial charge in [-0.1, -0.05) is 164 Å². The van der Waals surface area contributed by atoms with Gasteiger partial charge < -0.3 is 9.47 Å². The normalized spacial score (nSPS) is 11.7. The molecule has 0 atom stereocenters. The van der Waals surface area contributed by atoms with Crippen molar-refractivity contribution in [1.82, 2.24) is 4.57 Å². The monoisotopic (exact) mass is 762 g/mol. The van der Waals surface area contributed by atoms with Crippen molar-refractivity contribution in [1.29, 1.82) is 0 Å². The van der Waals surface area contributed by atoms with Crippen molar-refractivity contribution in [3.63, 3.8) is 0 Å². The van der Waals surface area contributed by atoms with Gasteiger partial charge in [0.2, 0.25) is 0 Å². The van der Waals surface area contributed by atoms with E-state index in [2.05, 4.69) is 240 Å². The van der Waals surface area contributed by atoms with Gasteiger partial charge in [-0.3, -0.25) is 0 Å². The molecule has 0 aliphatic heterocycles.